The lowest BCUT2D eigenvalue weighted by Gasteiger charge is -2.16. The van der Waals surface area contributed by atoms with Gasteiger partial charge in [0.1, 0.15) is 0 Å². The molecule has 0 fully saturated rings. The van der Waals surface area contributed by atoms with Crippen LogP contribution in [0.5, 0.6) is 0 Å². The van der Waals surface area contributed by atoms with Crippen LogP contribution < -0.4 is 5.32 Å². The lowest BCUT2D eigenvalue weighted by atomic mass is 10.1. The van der Waals surface area contributed by atoms with E-state index in [1.54, 1.807) is 6.92 Å². The van der Waals surface area contributed by atoms with Gasteiger partial charge >= 0.3 is 6.18 Å². The summed E-state index contributed by atoms with van der Waals surface area (Å²) in [6.45, 7) is 3.58. The van der Waals surface area contributed by atoms with Crippen molar-refractivity contribution >= 4 is 21.8 Å². The number of rotatable bonds is 3. The number of alkyl halides is 3. The largest absolute Gasteiger partial charge is 0.417 e. The van der Waals surface area contributed by atoms with Gasteiger partial charge in [-0.05, 0) is 31.5 Å². The third kappa shape index (κ3) is 3.73. The maximum atomic E-state index is 12.8. The Morgan fingerprint density at radius 1 is 1.44 bits per heavy atom. The van der Waals surface area contributed by atoms with Crippen LogP contribution in [0.3, 0.4) is 0 Å². The Hall–Kier alpha value is -1.04. The summed E-state index contributed by atoms with van der Waals surface area (Å²) in [5, 5.41) is 2.52. The fourth-order valence-electron chi connectivity index (χ4n) is 1.35. The number of amides is 1. The molecule has 0 aliphatic rings. The van der Waals surface area contributed by atoms with Gasteiger partial charge in [0.25, 0.3) is 5.91 Å². The van der Waals surface area contributed by atoms with Crippen molar-refractivity contribution in [3.8, 4) is 0 Å². The molecule has 0 bridgehead atoms. The predicted molar refractivity (Wildman–Crippen MR) is 66.4 cm³/mol. The van der Waals surface area contributed by atoms with Crippen LogP contribution in [0.15, 0.2) is 22.7 Å². The number of carbonyl (C=O) groups excluding carboxylic acids is 1. The molecule has 0 aromatic heterocycles. The predicted octanol–water partition coefficient (Wildman–Crippen LogP) is 4.00. The summed E-state index contributed by atoms with van der Waals surface area (Å²) in [4.78, 5) is 11.8. The summed E-state index contributed by atoms with van der Waals surface area (Å²) in [6, 6.07) is 3.33. The number of carbonyl (C=O) groups is 1. The molecule has 0 saturated carbocycles. The van der Waals surface area contributed by atoms with Crippen molar-refractivity contribution in [2.75, 3.05) is 0 Å². The van der Waals surface area contributed by atoms with Gasteiger partial charge in [-0.2, -0.15) is 13.2 Å². The number of halogens is 4. The summed E-state index contributed by atoms with van der Waals surface area (Å²) in [5.74, 6) is -0.704. The van der Waals surface area contributed by atoms with Gasteiger partial charge in [0.2, 0.25) is 0 Å². The Kier molecular flexibility index (Phi) is 4.78. The van der Waals surface area contributed by atoms with E-state index in [1.807, 2.05) is 6.92 Å². The fraction of sp³-hybridized carbons (Fsp3) is 0.417. The standard InChI is InChI=1S/C12H13BrF3NO/c1-3-7(2)17-11(18)9-5-4-8(13)6-10(9)12(14,15)16/h4-7H,3H2,1-2H3,(H,17,18). The Balaban J connectivity index is 3.12. The molecule has 0 spiro atoms. The average Bonchev–Trinajstić information content (AvgIpc) is 2.27. The molecule has 18 heavy (non-hydrogen) atoms. The first-order valence-corrected chi connectivity index (χ1v) is 6.22. The SMILES string of the molecule is CCC(C)NC(=O)c1ccc(Br)cc1C(F)(F)F. The molecule has 1 amide bonds. The minimum absolute atomic E-state index is 0.165. The van der Waals surface area contributed by atoms with Crippen LogP contribution in [-0.2, 0) is 6.18 Å². The summed E-state index contributed by atoms with van der Waals surface area (Å²) >= 11 is 2.97. The van der Waals surface area contributed by atoms with Gasteiger partial charge in [0.15, 0.2) is 0 Å². The molecule has 0 radical (unpaired) electrons. The van der Waals surface area contributed by atoms with E-state index >= 15 is 0 Å². The molecule has 1 N–H and O–H groups in total. The van der Waals surface area contributed by atoms with Crippen molar-refractivity contribution in [2.45, 2.75) is 32.5 Å². The highest BCUT2D eigenvalue weighted by Crippen LogP contribution is 2.33. The minimum Gasteiger partial charge on any atom is -0.350 e. The first-order chi connectivity index (χ1) is 8.25. The van der Waals surface area contributed by atoms with Crippen LogP contribution in [-0.4, -0.2) is 11.9 Å². The van der Waals surface area contributed by atoms with Crippen LogP contribution >= 0.6 is 15.9 Å². The lowest BCUT2D eigenvalue weighted by Crippen LogP contribution is -2.33. The van der Waals surface area contributed by atoms with E-state index < -0.39 is 17.6 Å². The second-order valence-corrected chi connectivity index (χ2v) is 4.89. The highest BCUT2D eigenvalue weighted by Gasteiger charge is 2.35. The van der Waals surface area contributed by atoms with E-state index in [2.05, 4.69) is 21.2 Å². The maximum Gasteiger partial charge on any atom is 0.417 e. The third-order valence-corrected chi connectivity index (χ3v) is 3.01. The summed E-state index contributed by atoms with van der Waals surface area (Å²) in [5.41, 5.74) is -1.29. The zero-order valence-electron chi connectivity index (χ0n) is 9.94. The summed E-state index contributed by atoms with van der Waals surface area (Å²) in [7, 11) is 0. The first kappa shape index (κ1) is 15.0. The van der Waals surface area contributed by atoms with E-state index in [4.69, 9.17) is 0 Å². The Bertz CT molecular complexity index is 445. The maximum absolute atomic E-state index is 12.8. The number of hydrogen-bond acceptors (Lipinski definition) is 1. The Labute approximate surface area is 112 Å². The Morgan fingerprint density at radius 3 is 2.56 bits per heavy atom. The number of benzene rings is 1. The fourth-order valence-corrected chi connectivity index (χ4v) is 1.71. The third-order valence-electron chi connectivity index (χ3n) is 2.52. The van der Waals surface area contributed by atoms with Crippen molar-refractivity contribution in [3.63, 3.8) is 0 Å². The smallest absolute Gasteiger partial charge is 0.350 e. The molecule has 100 valence electrons. The van der Waals surface area contributed by atoms with Crippen molar-refractivity contribution in [1.82, 2.24) is 5.32 Å². The average molecular weight is 324 g/mol. The van der Waals surface area contributed by atoms with Gasteiger partial charge in [-0.15, -0.1) is 0 Å². The van der Waals surface area contributed by atoms with Gasteiger partial charge < -0.3 is 5.32 Å². The molecule has 0 aliphatic heterocycles. The zero-order valence-corrected chi connectivity index (χ0v) is 11.5. The quantitative estimate of drug-likeness (QED) is 0.895. The van der Waals surface area contributed by atoms with Crippen LogP contribution in [0, 0.1) is 0 Å². The van der Waals surface area contributed by atoms with Crippen LogP contribution in [0.25, 0.3) is 0 Å². The first-order valence-electron chi connectivity index (χ1n) is 5.43. The highest BCUT2D eigenvalue weighted by molar-refractivity contribution is 9.10. The van der Waals surface area contributed by atoms with E-state index in [0.29, 0.717) is 6.42 Å². The van der Waals surface area contributed by atoms with Gasteiger partial charge in [0, 0.05) is 10.5 Å². The summed E-state index contributed by atoms with van der Waals surface area (Å²) < 4.78 is 38.7. The van der Waals surface area contributed by atoms with Crippen LogP contribution in [0.1, 0.15) is 36.2 Å². The molecule has 0 saturated heterocycles. The van der Waals surface area contributed by atoms with E-state index in [-0.39, 0.29) is 16.1 Å². The molecule has 0 aliphatic carbocycles. The normalized spacial score (nSPS) is 13.2. The van der Waals surface area contributed by atoms with Crippen molar-refractivity contribution < 1.29 is 18.0 Å². The Morgan fingerprint density at radius 2 is 2.06 bits per heavy atom. The van der Waals surface area contributed by atoms with Crippen LogP contribution in [0.4, 0.5) is 13.2 Å². The monoisotopic (exact) mass is 323 g/mol. The van der Waals surface area contributed by atoms with Crippen molar-refractivity contribution in [2.24, 2.45) is 0 Å². The van der Waals surface area contributed by atoms with Gasteiger partial charge in [0.05, 0.1) is 11.1 Å². The molecule has 0 heterocycles. The summed E-state index contributed by atoms with van der Waals surface area (Å²) in [6.07, 6.45) is -3.89. The number of nitrogens with one attached hydrogen (secondary N) is 1. The minimum atomic E-state index is -4.55. The van der Waals surface area contributed by atoms with Gasteiger partial charge in [-0.1, -0.05) is 22.9 Å². The highest BCUT2D eigenvalue weighted by atomic mass is 79.9. The molecule has 1 atom stereocenters. The molecule has 1 aromatic rings. The van der Waals surface area contributed by atoms with Crippen molar-refractivity contribution in [3.05, 3.63) is 33.8 Å². The zero-order chi connectivity index (χ0) is 13.9. The second-order valence-electron chi connectivity index (χ2n) is 3.97. The molecule has 1 rings (SSSR count). The van der Waals surface area contributed by atoms with Crippen molar-refractivity contribution in [1.29, 1.82) is 0 Å². The van der Waals surface area contributed by atoms with Gasteiger partial charge in [-0.25, -0.2) is 0 Å². The van der Waals surface area contributed by atoms with E-state index in [9.17, 15) is 18.0 Å². The second kappa shape index (κ2) is 5.73. The molecule has 6 heteroatoms. The number of hydrogen-bond donors (Lipinski definition) is 1. The molecule has 1 aromatic carbocycles. The molecular formula is C12H13BrF3NO. The molecule has 2 nitrogen and oxygen atoms in total. The van der Waals surface area contributed by atoms with Gasteiger partial charge in [-0.3, -0.25) is 4.79 Å². The van der Waals surface area contributed by atoms with E-state index in [0.717, 1.165) is 6.07 Å². The van der Waals surface area contributed by atoms with E-state index in [1.165, 1.54) is 12.1 Å². The molecule has 1 unspecified atom stereocenters. The molecular weight excluding hydrogens is 311 g/mol. The van der Waals surface area contributed by atoms with Crippen LogP contribution in [0.2, 0.25) is 0 Å². The lowest BCUT2D eigenvalue weighted by molar-refractivity contribution is -0.138. The topological polar surface area (TPSA) is 29.1 Å².